The van der Waals surface area contributed by atoms with Crippen LogP contribution in [0.5, 0.6) is 0 Å². The van der Waals surface area contributed by atoms with Gasteiger partial charge in [0.1, 0.15) is 11.2 Å². The zero-order chi connectivity index (χ0) is 11.3. The highest BCUT2D eigenvalue weighted by Gasteiger charge is 2.43. The number of carboxylic acids is 1. The molecule has 0 bridgehead atoms. The summed E-state index contributed by atoms with van der Waals surface area (Å²) in [6.45, 7) is 1.77. The number of carbonyl (C=O) groups is 1. The molecule has 0 spiro atoms. The lowest BCUT2D eigenvalue weighted by molar-refractivity contribution is -0.143. The summed E-state index contributed by atoms with van der Waals surface area (Å²) in [5, 5.41) is 9.30. The first-order chi connectivity index (χ1) is 7.61. The first kappa shape index (κ1) is 9.75. The van der Waals surface area contributed by atoms with Crippen LogP contribution in [0.1, 0.15) is 49.2 Å². The topological polar surface area (TPSA) is 63.1 Å². The van der Waals surface area contributed by atoms with Crippen molar-refractivity contribution in [2.45, 2.75) is 43.9 Å². The van der Waals surface area contributed by atoms with E-state index in [0.717, 1.165) is 36.3 Å². The highest BCUT2D eigenvalue weighted by molar-refractivity contribution is 5.81. The van der Waals surface area contributed by atoms with Crippen molar-refractivity contribution in [1.82, 2.24) is 9.97 Å². The SMILES string of the molecule is CC1(C(=O)O)CCc2cnc(C3CC3)nc21. The minimum atomic E-state index is -0.804. The maximum absolute atomic E-state index is 11.3. The summed E-state index contributed by atoms with van der Waals surface area (Å²) < 4.78 is 0. The lowest BCUT2D eigenvalue weighted by Gasteiger charge is -2.18. The summed E-state index contributed by atoms with van der Waals surface area (Å²) in [5.41, 5.74) is 0.952. The number of aryl methyl sites for hydroxylation is 1. The summed E-state index contributed by atoms with van der Waals surface area (Å²) >= 11 is 0. The molecule has 2 aliphatic carbocycles. The molecule has 0 radical (unpaired) electrons. The number of rotatable bonds is 2. The molecule has 0 amide bonds. The molecule has 1 atom stereocenters. The average Bonchev–Trinajstić information content (AvgIpc) is 3.05. The summed E-state index contributed by atoms with van der Waals surface area (Å²) in [4.78, 5) is 20.2. The molecule has 4 heteroatoms. The van der Waals surface area contributed by atoms with Crippen LogP contribution in [0.3, 0.4) is 0 Å². The molecule has 16 heavy (non-hydrogen) atoms. The Morgan fingerprint density at radius 3 is 2.94 bits per heavy atom. The zero-order valence-corrected chi connectivity index (χ0v) is 9.23. The number of hydrogen-bond acceptors (Lipinski definition) is 3. The van der Waals surface area contributed by atoms with Gasteiger partial charge in [-0.1, -0.05) is 0 Å². The highest BCUT2D eigenvalue weighted by atomic mass is 16.4. The van der Waals surface area contributed by atoms with Crippen LogP contribution in [0.25, 0.3) is 0 Å². The highest BCUT2D eigenvalue weighted by Crippen LogP contribution is 2.42. The van der Waals surface area contributed by atoms with Crippen LogP contribution >= 0.6 is 0 Å². The summed E-state index contributed by atoms with van der Waals surface area (Å²) in [7, 11) is 0. The summed E-state index contributed by atoms with van der Waals surface area (Å²) in [5.74, 6) is 0.545. The molecule has 0 saturated heterocycles. The Morgan fingerprint density at radius 2 is 2.31 bits per heavy atom. The van der Waals surface area contributed by atoms with Crippen molar-refractivity contribution >= 4 is 5.97 Å². The molecule has 1 heterocycles. The Labute approximate surface area is 93.7 Å². The summed E-state index contributed by atoms with van der Waals surface area (Å²) in [6.07, 6.45) is 5.53. The lowest BCUT2D eigenvalue weighted by Crippen LogP contribution is -2.30. The second-order valence-corrected chi connectivity index (χ2v) is 5.01. The van der Waals surface area contributed by atoms with Crippen LogP contribution in [0, 0.1) is 0 Å². The van der Waals surface area contributed by atoms with E-state index in [1.807, 2.05) is 6.20 Å². The number of fused-ring (bicyclic) bond motifs is 1. The molecule has 0 aliphatic heterocycles. The van der Waals surface area contributed by atoms with Crippen LogP contribution in [0.4, 0.5) is 0 Å². The van der Waals surface area contributed by atoms with Gasteiger partial charge in [-0.05, 0) is 38.2 Å². The minimum absolute atomic E-state index is 0.476. The largest absolute Gasteiger partial charge is 0.481 e. The molecule has 1 unspecified atom stereocenters. The monoisotopic (exact) mass is 218 g/mol. The van der Waals surface area contributed by atoms with Gasteiger partial charge in [0, 0.05) is 12.1 Å². The van der Waals surface area contributed by atoms with Gasteiger partial charge in [0.2, 0.25) is 0 Å². The Hall–Kier alpha value is -1.45. The maximum Gasteiger partial charge on any atom is 0.315 e. The van der Waals surface area contributed by atoms with Crippen LogP contribution in [-0.4, -0.2) is 21.0 Å². The lowest BCUT2D eigenvalue weighted by atomic mass is 9.88. The smallest absolute Gasteiger partial charge is 0.315 e. The number of hydrogen-bond donors (Lipinski definition) is 1. The molecule has 4 nitrogen and oxygen atoms in total. The van der Waals surface area contributed by atoms with Gasteiger partial charge in [0.15, 0.2) is 0 Å². The predicted molar refractivity (Wildman–Crippen MR) is 57.3 cm³/mol. The van der Waals surface area contributed by atoms with Crippen molar-refractivity contribution in [3.8, 4) is 0 Å². The zero-order valence-electron chi connectivity index (χ0n) is 9.23. The maximum atomic E-state index is 11.3. The molecule has 1 aromatic heterocycles. The standard InChI is InChI=1S/C12H14N2O2/c1-12(11(15)16)5-4-8-6-13-10(7-2-3-7)14-9(8)12/h6-7H,2-5H2,1H3,(H,15,16). The molecule has 1 saturated carbocycles. The van der Waals surface area contributed by atoms with Crippen LogP contribution in [0.15, 0.2) is 6.20 Å². The van der Waals surface area contributed by atoms with Crippen molar-refractivity contribution in [3.05, 3.63) is 23.3 Å². The third-order valence-corrected chi connectivity index (χ3v) is 3.71. The van der Waals surface area contributed by atoms with E-state index in [4.69, 9.17) is 0 Å². The van der Waals surface area contributed by atoms with E-state index >= 15 is 0 Å². The third kappa shape index (κ3) is 1.25. The van der Waals surface area contributed by atoms with Gasteiger partial charge in [0.25, 0.3) is 0 Å². The molecular formula is C12H14N2O2. The molecule has 0 aromatic carbocycles. The van der Waals surface area contributed by atoms with E-state index in [2.05, 4.69) is 9.97 Å². The van der Waals surface area contributed by atoms with E-state index in [1.54, 1.807) is 6.92 Å². The number of nitrogens with zero attached hydrogens (tertiary/aromatic N) is 2. The Morgan fingerprint density at radius 1 is 1.56 bits per heavy atom. The van der Waals surface area contributed by atoms with E-state index in [9.17, 15) is 9.90 Å². The van der Waals surface area contributed by atoms with E-state index < -0.39 is 11.4 Å². The van der Waals surface area contributed by atoms with Crippen LogP contribution < -0.4 is 0 Å². The van der Waals surface area contributed by atoms with Crippen molar-refractivity contribution in [2.75, 3.05) is 0 Å². The third-order valence-electron chi connectivity index (χ3n) is 3.71. The molecular weight excluding hydrogens is 204 g/mol. The van der Waals surface area contributed by atoms with Gasteiger partial charge in [-0.15, -0.1) is 0 Å². The van der Waals surface area contributed by atoms with E-state index in [1.165, 1.54) is 0 Å². The first-order valence-corrected chi connectivity index (χ1v) is 5.71. The number of aromatic nitrogens is 2. The molecule has 2 aliphatic rings. The van der Waals surface area contributed by atoms with Crippen molar-refractivity contribution in [2.24, 2.45) is 0 Å². The molecule has 1 aromatic rings. The fraction of sp³-hybridized carbons (Fsp3) is 0.583. The second-order valence-electron chi connectivity index (χ2n) is 5.01. The van der Waals surface area contributed by atoms with E-state index in [-0.39, 0.29) is 0 Å². The fourth-order valence-corrected chi connectivity index (χ4v) is 2.33. The Balaban J connectivity index is 2.09. The number of aliphatic carboxylic acids is 1. The van der Waals surface area contributed by atoms with E-state index in [0.29, 0.717) is 12.3 Å². The van der Waals surface area contributed by atoms with Gasteiger partial charge in [0.05, 0.1) is 5.69 Å². The average molecular weight is 218 g/mol. The Bertz CT molecular complexity index is 468. The van der Waals surface area contributed by atoms with Gasteiger partial charge < -0.3 is 5.11 Å². The normalized spacial score (nSPS) is 27.8. The van der Waals surface area contributed by atoms with Crippen LogP contribution in [0.2, 0.25) is 0 Å². The second kappa shape index (κ2) is 3.03. The van der Waals surface area contributed by atoms with Crippen molar-refractivity contribution in [3.63, 3.8) is 0 Å². The molecule has 1 fully saturated rings. The molecule has 3 rings (SSSR count). The van der Waals surface area contributed by atoms with Crippen LogP contribution in [-0.2, 0) is 16.6 Å². The van der Waals surface area contributed by atoms with Gasteiger partial charge in [-0.3, -0.25) is 4.79 Å². The minimum Gasteiger partial charge on any atom is -0.481 e. The first-order valence-electron chi connectivity index (χ1n) is 5.71. The predicted octanol–water partition coefficient (Wildman–Crippen LogP) is 1.64. The molecule has 1 N–H and O–H groups in total. The van der Waals surface area contributed by atoms with Gasteiger partial charge in [-0.2, -0.15) is 0 Å². The van der Waals surface area contributed by atoms with Gasteiger partial charge in [-0.25, -0.2) is 9.97 Å². The van der Waals surface area contributed by atoms with Crippen molar-refractivity contribution in [1.29, 1.82) is 0 Å². The fourth-order valence-electron chi connectivity index (χ4n) is 2.33. The van der Waals surface area contributed by atoms with Crippen molar-refractivity contribution < 1.29 is 9.90 Å². The van der Waals surface area contributed by atoms with Gasteiger partial charge >= 0.3 is 5.97 Å². The molecule has 84 valence electrons. The quantitative estimate of drug-likeness (QED) is 0.819. The number of carboxylic acid groups (broad SMARTS) is 1. The Kier molecular flexibility index (Phi) is 1.85. The summed E-state index contributed by atoms with van der Waals surface area (Å²) in [6, 6.07) is 0.